The minimum absolute atomic E-state index is 0.0289. The molecule has 0 bridgehead atoms. The van der Waals surface area contributed by atoms with E-state index in [1.165, 1.54) is 19.1 Å². The van der Waals surface area contributed by atoms with Crippen LogP contribution in [0.3, 0.4) is 0 Å². The molecule has 2 nitrogen and oxygen atoms in total. The zero-order valence-corrected chi connectivity index (χ0v) is 10.3. The summed E-state index contributed by atoms with van der Waals surface area (Å²) in [6.45, 7) is 1.54. The molecule has 0 amide bonds. The lowest BCUT2D eigenvalue weighted by Crippen LogP contribution is -1.98. The first-order valence-electron chi connectivity index (χ1n) is 5.73. The summed E-state index contributed by atoms with van der Waals surface area (Å²) in [5.74, 6) is -0.760. The first-order chi connectivity index (χ1) is 9.04. The Bertz CT molecular complexity index is 571. The largest absolute Gasteiger partial charge is 0.489 e. The lowest BCUT2D eigenvalue weighted by molar-refractivity contribution is 0.101. The molecule has 0 aliphatic rings. The predicted octanol–water partition coefficient (Wildman–Crippen LogP) is 3.75. The van der Waals surface area contributed by atoms with E-state index in [9.17, 15) is 13.6 Å². The Morgan fingerprint density at radius 2 is 1.63 bits per heavy atom. The lowest BCUT2D eigenvalue weighted by atomic mass is 10.1. The number of rotatable bonds is 4. The van der Waals surface area contributed by atoms with Crippen molar-refractivity contribution in [3.05, 3.63) is 65.2 Å². The number of carbonyl (C=O) groups is 1. The summed E-state index contributed by atoms with van der Waals surface area (Å²) in [7, 11) is 0. The van der Waals surface area contributed by atoms with Crippen molar-refractivity contribution in [2.24, 2.45) is 0 Å². The lowest BCUT2D eigenvalue weighted by Gasteiger charge is -2.07. The van der Waals surface area contributed by atoms with E-state index in [2.05, 4.69) is 0 Å². The van der Waals surface area contributed by atoms with Crippen molar-refractivity contribution in [3.63, 3.8) is 0 Å². The molecule has 0 atom stereocenters. The number of benzene rings is 2. The molecule has 0 unspecified atom stereocenters. The molecule has 2 aromatic carbocycles. The molecule has 0 aromatic heterocycles. The van der Waals surface area contributed by atoms with Crippen molar-refractivity contribution in [1.82, 2.24) is 0 Å². The van der Waals surface area contributed by atoms with Crippen LogP contribution in [0, 0.1) is 11.6 Å². The van der Waals surface area contributed by atoms with Gasteiger partial charge in [-0.05, 0) is 48.9 Å². The molecular formula is C15H12F2O2. The van der Waals surface area contributed by atoms with Crippen LogP contribution in [-0.2, 0) is 6.61 Å². The Morgan fingerprint density at radius 3 is 2.16 bits per heavy atom. The number of halogens is 2. The van der Waals surface area contributed by atoms with Gasteiger partial charge in [0.15, 0.2) is 5.78 Å². The number of carbonyl (C=O) groups excluding carboxylic acids is 1. The van der Waals surface area contributed by atoms with Crippen molar-refractivity contribution in [2.75, 3.05) is 0 Å². The molecule has 0 saturated carbocycles. The Balaban J connectivity index is 2.03. The highest BCUT2D eigenvalue weighted by Gasteiger charge is 2.03. The topological polar surface area (TPSA) is 26.3 Å². The third-order valence-electron chi connectivity index (χ3n) is 2.59. The van der Waals surface area contributed by atoms with Gasteiger partial charge in [-0.1, -0.05) is 0 Å². The third-order valence-corrected chi connectivity index (χ3v) is 2.59. The first kappa shape index (κ1) is 13.2. The van der Waals surface area contributed by atoms with Gasteiger partial charge in [-0.2, -0.15) is 0 Å². The standard InChI is InChI=1S/C15H12F2O2/c1-10(18)12-2-4-15(5-3-12)19-9-11-6-13(16)8-14(17)7-11/h2-8H,9H2,1H3. The average molecular weight is 262 g/mol. The second-order valence-corrected chi connectivity index (χ2v) is 4.15. The minimum atomic E-state index is -0.634. The normalized spacial score (nSPS) is 10.3. The summed E-state index contributed by atoms with van der Waals surface area (Å²) in [5.41, 5.74) is 0.997. The molecular weight excluding hydrogens is 250 g/mol. The molecule has 0 fully saturated rings. The van der Waals surface area contributed by atoms with Gasteiger partial charge in [0.25, 0.3) is 0 Å². The number of hydrogen-bond acceptors (Lipinski definition) is 2. The van der Waals surface area contributed by atoms with E-state index in [1.54, 1.807) is 24.3 Å². The van der Waals surface area contributed by atoms with Crippen LogP contribution in [-0.4, -0.2) is 5.78 Å². The molecule has 0 N–H and O–H groups in total. The van der Waals surface area contributed by atoms with E-state index >= 15 is 0 Å². The van der Waals surface area contributed by atoms with Gasteiger partial charge >= 0.3 is 0 Å². The predicted molar refractivity (Wildman–Crippen MR) is 67.1 cm³/mol. The van der Waals surface area contributed by atoms with E-state index < -0.39 is 11.6 Å². The van der Waals surface area contributed by atoms with E-state index in [0.29, 0.717) is 16.9 Å². The van der Waals surface area contributed by atoms with Crippen molar-refractivity contribution >= 4 is 5.78 Å². The van der Waals surface area contributed by atoms with Crippen LogP contribution < -0.4 is 4.74 Å². The molecule has 0 saturated heterocycles. The monoisotopic (exact) mass is 262 g/mol. The fraction of sp³-hybridized carbons (Fsp3) is 0.133. The Hall–Kier alpha value is -2.23. The second-order valence-electron chi connectivity index (χ2n) is 4.15. The highest BCUT2D eigenvalue weighted by atomic mass is 19.1. The fourth-order valence-electron chi connectivity index (χ4n) is 1.65. The highest BCUT2D eigenvalue weighted by Crippen LogP contribution is 2.15. The molecule has 4 heteroatoms. The van der Waals surface area contributed by atoms with Crippen LogP contribution in [0.5, 0.6) is 5.75 Å². The van der Waals surface area contributed by atoms with E-state index in [1.807, 2.05) is 0 Å². The highest BCUT2D eigenvalue weighted by molar-refractivity contribution is 5.94. The maximum absolute atomic E-state index is 13.0. The number of hydrogen-bond donors (Lipinski definition) is 0. The Morgan fingerprint density at radius 1 is 1.05 bits per heavy atom. The molecule has 0 heterocycles. The van der Waals surface area contributed by atoms with Gasteiger partial charge in [0, 0.05) is 11.6 Å². The van der Waals surface area contributed by atoms with Gasteiger partial charge in [-0.3, -0.25) is 4.79 Å². The summed E-state index contributed by atoms with van der Waals surface area (Å²) < 4.78 is 31.3. The zero-order valence-electron chi connectivity index (χ0n) is 10.3. The molecule has 2 aromatic rings. The maximum Gasteiger partial charge on any atom is 0.159 e. The van der Waals surface area contributed by atoms with Crippen molar-refractivity contribution < 1.29 is 18.3 Å². The van der Waals surface area contributed by atoms with E-state index in [4.69, 9.17) is 4.74 Å². The Kier molecular flexibility index (Phi) is 3.90. The number of ketones is 1. The van der Waals surface area contributed by atoms with Crippen LogP contribution in [0.4, 0.5) is 8.78 Å². The summed E-state index contributed by atoms with van der Waals surface area (Å²) in [6, 6.07) is 9.82. The molecule has 0 radical (unpaired) electrons. The van der Waals surface area contributed by atoms with Gasteiger partial charge in [-0.25, -0.2) is 8.78 Å². The molecule has 98 valence electrons. The first-order valence-corrected chi connectivity index (χ1v) is 5.73. The summed E-state index contributed by atoms with van der Waals surface area (Å²) in [6.07, 6.45) is 0. The Labute approximate surface area is 109 Å². The minimum Gasteiger partial charge on any atom is -0.489 e. The van der Waals surface area contributed by atoms with Crippen LogP contribution in [0.1, 0.15) is 22.8 Å². The smallest absolute Gasteiger partial charge is 0.159 e. The number of Topliss-reactive ketones (excluding diaryl/α,β-unsaturated/α-hetero) is 1. The fourth-order valence-corrected chi connectivity index (χ4v) is 1.65. The maximum atomic E-state index is 13.0. The molecule has 0 aliphatic heterocycles. The van der Waals surface area contributed by atoms with Crippen molar-refractivity contribution in [2.45, 2.75) is 13.5 Å². The van der Waals surface area contributed by atoms with Crippen molar-refractivity contribution in [1.29, 1.82) is 0 Å². The average Bonchev–Trinajstić information content (AvgIpc) is 2.36. The molecule has 0 aliphatic carbocycles. The van der Waals surface area contributed by atoms with Gasteiger partial charge < -0.3 is 4.74 Å². The van der Waals surface area contributed by atoms with Gasteiger partial charge in [0.05, 0.1) is 0 Å². The summed E-state index contributed by atoms with van der Waals surface area (Å²) in [4.78, 5) is 11.1. The number of ether oxygens (including phenoxy) is 1. The van der Waals surface area contributed by atoms with Crippen LogP contribution in [0.25, 0.3) is 0 Å². The van der Waals surface area contributed by atoms with Gasteiger partial charge in [0.2, 0.25) is 0 Å². The van der Waals surface area contributed by atoms with E-state index in [0.717, 1.165) is 6.07 Å². The van der Waals surface area contributed by atoms with Gasteiger partial charge in [0.1, 0.15) is 24.0 Å². The van der Waals surface area contributed by atoms with Crippen LogP contribution in [0.2, 0.25) is 0 Å². The molecule has 0 spiro atoms. The van der Waals surface area contributed by atoms with Crippen molar-refractivity contribution in [3.8, 4) is 5.75 Å². The van der Waals surface area contributed by atoms with Gasteiger partial charge in [-0.15, -0.1) is 0 Å². The summed E-state index contributed by atoms with van der Waals surface area (Å²) >= 11 is 0. The van der Waals surface area contributed by atoms with Crippen LogP contribution in [0.15, 0.2) is 42.5 Å². The molecule has 2 rings (SSSR count). The zero-order chi connectivity index (χ0) is 13.8. The molecule has 19 heavy (non-hydrogen) atoms. The summed E-state index contributed by atoms with van der Waals surface area (Å²) in [5, 5.41) is 0. The quantitative estimate of drug-likeness (QED) is 0.784. The SMILES string of the molecule is CC(=O)c1ccc(OCc2cc(F)cc(F)c2)cc1. The van der Waals surface area contributed by atoms with E-state index in [-0.39, 0.29) is 12.4 Å². The van der Waals surface area contributed by atoms with Crippen LogP contribution >= 0.6 is 0 Å². The second kappa shape index (κ2) is 5.61. The third kappa shape index (κ3) is 3.61.